The van der Waals surface area contributed by atoms with Crippen molar-refractivity contribution in [2.24, 2.45) is 0 Å². The Kier molecular flexibility index (Phi) is 3.10. The van der Waals surface area contributed by atoms with Gasteiger partial charge in [0.1, 0.15) is 17.4 Å². The van der Waals surface area contributed by atoms with E-state index in [9.17, 15) is 4.39 Å². The van der Waals surface area contributed by atoms with Crippen molar-refractivity contribution in [1.29, 1.82) is 0 Å². The lowest BCUT2D eigenvalue weighted by atomic mass is 10.3. The van der Waals surface area contributed by atoms with Crippen LogP contribution in [0.5, 0.6) is 11.6 Å². The fourth-order valence-electron chi connectivity index (χ4n) is 1.18. The smallest absolute Gasteiger partial charge is 0.226 e. The number of anilines is 2. The maximum atomic E-state index is 13.0. The molecule has 0 amide bonds. The summed E-state index contributed by atoms with van der Waals surface area (Å²) in [4.78, 5) is 7.52. The Labute approximate surface area is 105 Å². The van der Waals surface area contributed by atoms with Crippen LogP contribution >= 0.6 is 15.9 Å². The van der Waals surface area contributed by atoms with Crippen molar-refractivity contribution in [3.05, 3.63) is 34.6 Å². The van der Waals surface area contributed by atoms with E-state index in [-0.39, 0.29) is 23.4 Å². The highest BCUT2D eigenvalue weighted by Gasteiger charge is 2.07. The van der Waals surface area contributed by atoms with E-state index in [1.807, 2.05) is 0 Å². The molecule has 0 saturated carbocycles. The topological polar surface area (TPSA) is 87.0 Å². The highest BCUT2D eigenvalue weighted by Crippen LogP contribution is 2.29. The van der Waals surface area contributed by atoms with Gasteiger partial charge >= 0.3 is 0 Å². The van der Waals surface area contributed by atoms with Gasteiger partial charge < -0.3 is 16.2 Å². The molecule has 0 saturated heterocycles. The molecule has 2 rings (SSSR count). The largest absolute Gasteiger partial charge is 0.437 e. The van der Waals surface area contributed by atoms with Gasteiger partial charge in [-0.05, 0) is 28.1 Å². The lowest BCUT2D eigenvalue weighted by molar-refractivity contribution is 0.455. The average molecular weight is 299 g/mol. The molecule has 0 fully saturated rings. The first kappa shape index (κ1) is 11.6. The number of aromatic nitrogens is 2. The van der Waals surface area contributed by atoms with Gasteiger partial charge in [-0.15, -0.1) is 0 Å². The third-order valence-corrected chi connectivity index (χ3v) is 2.50. The molecule has 4 N–H and O–H groups in total. The van der Waals surface area contributed by atoms with E-state index in [0.717, 1.165) is 0 Å². The molecule has 7 heteroatoms. The molecule has 0 aliphatic heterocycles. The first-order valence-corrected chi connectivity index (χ1v) is 5.37. The van der Waals surface area contributed by atoms with Crippen LogP contribution in [0.2, 0.25) is 0 Å². The van der Waals surface area contributed by atoms with E-state index < -0.39 is 5.82 Å². The maximum absolute atomic E-state index is 13.0. The zero-order chi connectivity index (χ0) is 12.4. The van der Waals surface area contributed by atoms with Gasteiger partial charge in [0.15, 0.2) is 0 Å². The number of halogens is 2. The zero-order valence-corrected chi connectivity index (χ0v) is 10.1. The molecule has 0 unspecified atom stereocenters. The van der Waals surface area contributed by atoms with Crippen molar-refractivity contribution < 1.29 is 9.13 Å². The fraction of sp³-hybridized carbons (Fsp3) is 0. The molecule has 1 aromatic heterocycles. The van der Waals surface area contributed by atoms with Crippen molar-refractivity contribution in [1.82, 2.24) is 9.97 Å². The van der Waals surface area contributed by atoms with E-state index >= 15 is 0 Å². The van der Waals surface area contributed by atoms with Gasteiger partial charge in [0.05, 0.1) is 4.47 Å². The van der Waals surface area contributed by atoms with Crippen LogP contribution in [0, 0.1) is 5.82 Å². The van der Waals surface area contributed by atoms with Crippen LogP contribution in [0.4, 0.5) is 16.2 Å². The molecule has 5 nitrogen and oxygen atoms in total. The molecule has 0 atom stereocenters. The van der Waals surface area contributed by atoms with Crippen molar-refractivity contribution in [3.63, 3.8) is 0 Å². The van der Waals surface area contributed by atoms with Gasteiger partial charge in [0.25, 0.3) is 0 Å². The molecule has 88 valence electrons. The third kappa shape index (κ3) is 2.82. The molecule has 0 radical (unpaired) electrons. The van der Waals surface area contributed by atoms with Crippen LogP contribution in [-0.2, 0) is 0 Å². The minimum atomic E-state index is -0.418. The zero-order valence-electron chi connectivity index (χ0n) is 8.52. The Morgan fingerprint density at radius 2 is 1.94 bits per heavy atom. The van der Waals surface area contributed by atoms with Gasteiger partial charge in [0.2, 0.25) is 11.8 Å². The summed E-state index contributed by atoms with van der Waals surface area (Å²) in [5.41, 5.74) is 10.9. The molecule has 0 spiro atoms. The molecule has 0 aliphatic rings. The van der Waals surface area contributed by atoms with E-state index in [1.165, 1.54) is 24.3 Å². The summed E-state index contributed by atoms with van der Waals surface area (Å²) in [6.07, 6.45) is 0. The first-order valence-electron chi connectivity index (χ1n) is 4.57. The van der Waals surface area contributed by atoms with Gasteiger partial charge in [-0.1, -0.05) is 0 Å². The Balaban J connectivity index is 2.34. The number of nitrogen functional groups attached to an aromatic ring is 2. The van der Waals surface area contributed by atoms with Gasteiger partial charge in [-0.25, -0.2) is 4.39 Å². The molecule has 1 heterocycles. The van der Waals surface area contributed by atoms with Crippen LogP contribution < -0.4 is 16.2 Å². The number of benzene rings is 1. The third-order valence-electron chi connectivity index (χ3n) is 1.85. The molecular weight excluding hydrogens is 291 g/mol. The summed E-state index contributed by atoms with van der Waals surface area (Å²) < 4.78 is 19.0. The minimum Gasteiger partial charge on any atom is -0.437 e. The lowest BCUT2D eigenvalue weighted by Gasteiger charge is -2.07. The second-order valence-corrected chi connectivity index (χ2v) is 4.02. The van der Waals surface area contributed by atoms with Crippen molar-refractivity contribution in [2.45, 2.75) is 0 Å². The number of hydrogen-bond acceptors (Lipinski definition) is 5. The average Bonchev–Trinajstić information content (AvgIpc) is 2.22. The van der Waals surface area contributed by atoms with Gasteiger partial charge in [0, 0.05) is 12.1 Å². The molecular formula is C10H8BrFN4O. The fourth-order valence-corrected chi connectivity index (χ4v) is 1.51. The summed E-state index contributed by atoms with van der Waals surface area (Å²) in [6.45, 7) is 0. The minimum absolute atomic E-state index is 0.00692. The maximum Gasteiger partial charge on any atom is 0.226 e. The Morgan fingerprint density at radius 1 is 1.18 bits per heavy atom. The molecule has 2 aromatic rings. The van der Waals surface area contributed by atoms with Crippen LogP contribution in [0.1, 0.15) is 0 Å². The second-order valence-electron chi connectivity index (χ2n) is 3.17. The normalized spacial score (nSPS) is 10.2. The molecule has 0 bridgehead atoms. The second kappa shape index (κ2) is 4.54. The van der Waals surface area contributed by atoms with Gasteiger partial charge in [-0.2, -0.15) is 9.97 Å². The van der Waals surface area contributed by atoms with E-state index in [2.05, 4.69) is 25.9 Å². The first-order chi connectivity index (χ1) is 8.04. The number of hydrogen-bond donors (Lipinski definition) is 2. The summed E-state index contributed by atoms with van der Waals surface area (Å²) in [5, 5.41) is 0. The lowest BCUT2D eigenvalue weighted by Crippen LogP contribution is -2.01. The Morgan fingerprint density at radius 3 is 2.65 bits per heavy atom. The molecule has 1 aromatic carbocycles. The summed E-state index contributed by atoms with van der Waals surface area (Å²) in [7, 11) is 0. The Bertz CT molecular complexity index is 544. The van der Waals surface area contributed by atoms with Crippen LogP contribution in [0.25, 0.3) is 0 Å². The van der Waals surface area contributed by atoms with E-state index in [4.69, 9.17) is 16.2 Å². The van der Waals surface area contributed by atoms with E-state index in [0.29, 0.717) is 4.47 Å². The number of rotatable bonds is 2. The Hall–Kier alpha value is -1.89. The number of nitrogens with two attached hydrogens (primary N) is 2. The monoisotopic (exact) mass is 298 g/mol. The van der Waals surface area contributed by atoms with Crippen molar-refractivity contribution in [3.8, 4) is 11.6 Å². The van der Waals surface area contributed by atoms with Crippen molar-refractivity contribution in [2.75, 3.05) is 11.5 Å². The highest BCUT2D eigenvalue weighted by atomic mass is 79.9. The summed E-state index contributed by atoms with van der Waals surface area (Å²) >= 11 is 3.23. The molecule has 17 heavy (non-hydrogen) atoms. The van der Waals surface area contributed by atoms with Crippen LogP contribution in [-0.4, -0.2) is 9.97 Å². The highest BCUT2D eigenvalue weighted by molar-refractivity contribution is 9.10. The number of nitrogens with zero attached hydrogens (tertiary/aromatic N) is 2. The summed E-state index contributed by atoms with van der Waals surface area (Å²) in [5.74, 6) is 0.189. The molecule has 0 aliphatic carbocycles. The van der Waals surface area contributed by atoms with Crippen LogP contribution in [0.15, 0.2) is 28.7 Å². The quantitative estimate of drug-likeness (QED) is 0.888. The van der Waals surface area contributed by atoms with Crippen molar-refractivity contribution >= 4 is 27.7 Å². The number of ether oxygens (including phenoxy) is 1. The summed E-state index contributed by atoms with van der Waals surface area (Å²) in [6, 6.07) is 5.45. The van der Waals surface area contributed by atoms with Crippen LogP contribution in [0.3, 0.4) is 0 Å². The SMILES string of the molecule is Nc1cc(Oc2cc(F)ccc2Br)nc(N)n1. The van der Waals surface area contributed by atoms with E-state index in [1.54, 1.807) is 0 Å². The standard InChI is InChI=1S/C10H8BrFN4O/c11-6-2-1-5(12)3-7(6)17-9-4-8(13)15-10(14)16-9/h1-4H,(H4,13,14,15,16). The van der Waals surface area contributed by atoms with Gasteiger partial charge in [-0.3, -0.25) is 0 Å². The predicted molar refractivity (Wildman–Crippen MR) is 65.0 cm³/mol. The predicted octanol–water partition coefficient (Wildman–Crippen LogP) is 2.33.